The molecule has 1 fully saturated rings. The summed E-state index contributed by atoms with van der Waals surface area (Å²) in [5, 5.41) is 8.68. The summed E-state index contributed by atoms with van der Waals surface area (Å²) in [6.45, 7) is -3.01. The van der Waals surface area contributed by atoms with Crippen LogP contribution in [0.4, 0.5) is 8.78 Å². The fourth-order valence-electron chi connectivity index (χ4n) is 1.84. The van der Waals surface area contributed by atoms with Gasteiger partial charge in [0.05, 0.1) is 11.3 Å². The highest BCUT2D eigenvalue weighted by Crippen LogP contribution is 2.34. The average molecular weight is 359 g/mol. The molecule has 1 N–H and O–H groups in total. The second-order valence-corrected chi connectivity index (χ2v) is 6.07. The van der Waals surface area contributed by atoms with Crippen molar-refractivity contribution in [2.45, 2.75) is 13.0 Å². The van der Waals surface area contributed by atoms with Gasteiger partial charge in [0.1, 0.15) is 10.1 Å². The maximum absolute atomic E-state index is 12.4. The van der Waals surface area contributed by atoms with Crippen molar-refractivity contribution in [3.63, 3.8) is 0 Å². The summed E-state index contributed by atoms with van der Waals surface area (Å²) < 4.78 is 29.4. The highest BCUT2D eigenvalue weighted by molar-refractivity contribution is 8.26. The van der Waals surface area contributed by atoms with Gasteiger partial charge in [-0.2, -0.15) is 8.78 Å². The summed E-state index contributed by atoms with van der Waals surface area (Å²) in [6.07, 6.45) is 1.17. The van der Waals surface area contributed by atoms with Crippen molar-refractivity contribution in [1.29, 1.82) is 0 Å². The summed E-state index contributed by atoms with van der Waals surface area (Å²) in [5.74, 6) is -1.55. The smallest absolute Gasteiger partial charge is 0.387 e. The van der Waals surface area contributed by atoms with E-state index in [1.807, 2.05) is 0 Å². The Hall–Kier alpha value is -2.00. The van der Waals surface area contributed by atoms with Crippen LogP contribution in [0.2, 0.25) is 0 Å². The molecule has 1 aliphatic heterocycles. The van der Waals surface area contributed by atoms with Crippen molar-refractivity contribution in [2.75, 3.05) is 6.54 Å². The number of hydrogen-bond acceptors (Lipinski definition) is 5. The van der Waals surface area contributed by atoms with Crippen LogP contribution in [0.25, 0.3) is 6.08 Å². The molecule has 0 saturated carbocycles. The number of para-hydroxylation sites is 1. The van der Waals surface area contributed by atoms with Gasteiger partial charge in [-0.3, -0.25) is 14.5 Å². The van der Waals surface area contributed by atoms with E-state index in [-0.39, 0.29) is 27.9 Å². The van der Waals surface area contributed by atoms with E-state index in [1.54, 1.807) is 6.07 Å². The predicted octanol–water partition coefficient (Wildman–Crippen LogP) is 2.96. The minimum absolute atomic E-state index is 0.0352. The van der Waals surface area contributed by atoms with E-state index in [9.17, 15) is 18.4 Å². The van der Waals surface area contributed by atoms with Gasteiger partial charge in [0.2, 0.25) is 0 Å². The largest absolute Gasteiger partial charge is 0.481 e. The number of nitrogens with zero attached hydrogens (tertiary/aromatic N) is 1. The highest BCUT2D eigenvalue weighted by atomic mass is 32.2. The van der Waals surface area contributed by atoms with Crippen molar-refractivity contribution in [3.8, 4) is 5.75 Å². The molecule has 1 aromatic rings. The molecule has 122 valence electrons. The maximum Gasteiger partial charge on any atom is 0.387 e. The Labute approximate surface area is 139 Å². The van der Waals surface area contributed by atoms with Crippen LogP contribution in [0.1, 0.15) is 12.0 Å². The summed E-state index contributed by atoms with van der Waals surface area (Å²) in [4.78, 5) is 24.2. The van der Waals surface area contributed by atoms with Crippen LogP contribution in [0.5, 0.6) is 5.75 Å². The Bertz CT molecular complexity index is 678. The SMILES string of the molecule is O=C(O)CCN1C(=O)/C(=C\c2ccccc2OC(F)F)SC1=S. The molecule has 5 nitrogen and oxygen atoms in total. The minimum Gasteiger partial charge on any atom is -0.481 e. The number of carbonyl (C=O) groups is 2. The number of aliphatic carboxylic acids is 1. The number of alkyl halides is 2. The van der Waals surface area contributed by atoms with Gasteiger partial charge in [0, 0.05) is 12.1 Å². The van der Waals surface area contributed by atoms with Gasteiger partial charge in [-0.25, -0.2) is 0 Å². The van der Waals surface area contributed by atoms with Crippen molar-refractivity contribution >= 4 is 46.3 Å². The molecule has 23 heavy (non-hydrogen) atoms. The highest BCUT2D eigenvalue weighted by Gasteiger charge is 2.32. The fraction of sp³-hybridized carbons (Fsp3) is 0.214. The summed E-state index contributed by atoms with van der Waals surface area (Å²) >= 11 is 6.04. The molecular formula is C14H11F2NO4S2. The lowest BCUT2D eigenvalue weighted by molar-refractivity contribution is -0.137. The molecule has 0 atom stereocenters. The standard InChI is InChI=1S/C14H11F2NO4S2/c15-13(16)21-9-4-2-1-3-8(9)7-10-12(20)17(14(22)23-10)6-5-11(18)19/h1-4,7,13H,5-6H2,(H,18,19)/b10-7+. The summed E-state index contributed by atoms with van der Waals surface area (Å²) in [6, 6.07) is 6.05. The van der Waals surface area contributed by atoms with Crippen LogP contribution in [0.3, 0.4) is 0 Å². The molecule has 9 heteroatoms. The van der Waals surface area contributed by atoms with Gasteiger partial charge in [-0.05, 0) is 12.1 Å². The van der Waals surface area contributed by atoms with Gasteiger partial charge in [-0.1, -0.05) is 42.2 Å². The molecule has 1 saturated heterocycles. The number of ether oxygens (including phenoxy) is 1. The number of rotatable bonds is 6. The molecule has 1 aliphatic rings. The van der Waals surface area contributed by atoms with E-state index in [1.165, 1.54) is 29.2 Å². The number of amides is 1. The monoisotopic (exact) mass is 359 g/mol. The Morgan fingerprint density at radius 3 is 2.78 bits per heavy atom. The second-order valence-electron chi connectivity index (χ2n) is 4.39. The number of carboxylic acids is 1. The third-order valence-electron chi connectivity index (χ3n) is 2.84. The Morgan fingerprint density at radius 1 is 1.43 bits per heavy atom. The Kier molecular flexibility index (Phi) is 5.67. The van der Waals surface area contributed by atoms with Crippen molar-refractivity contribution in [1.82, 2.24) is 4.90 Å². The minimum atomic E-state index is -2.98. The van der Waals surface area contributed by atoms with E-state index < -0.39 is 18.5 Å². The first-order chi connectivity index (χ1) is 10.9. The first-order valence-electron chi connectivity index (χ1n) is 6.39. The number of carboxylic acid groups (broad SMARTS) is 1. The van der Waals surface area contributed by atoms with E-state index in [0.717, 1.165) is 11.8 Å². The van der Waals surface area contributed by atoms with Crippen LogP contribution in [-0.2, 0) is 9.59 Å². The number of benzene rings is 1. The van der Waals surface area contributed by atoms with Crippen molar-refractivity contribution in [3.05, 3.63) is 34.7 Å². The number of thioether (sulfide) groups is 1. The van der Waals surface area contributed by atoms with Crippen LogP contribution in [0, 0.1) is 0 Å². The van der Waals surface area contributed by atoms with Gasteiger partial charge in [0.15, 0.2) is 0 Å². The third-order valence-corrected chi connectivity index (χ3v) is 4.22. The zero-order valence-electron chi connectivity index (χ0n) is 11.6. The van der Waals surface area contributed by atoms with Crippen molar-refractivity contribution < 1.29 is 28.2 Å². The molecule has 0 spiro atoms. The number of hydrogen-bond donors (Lipinski definition) is 1. The molecule has 1 heterocycles. The molecule has 0 radical (unpaired) electrons. The quantitative estimate of drug-likeness (QED) is 0.622. The van der Waals surface area contributed by atoms with Gasteiger partial charge in [-0.15, -0.1) is 0 Å². The average Bonchev–Trinajstić information content (AvgIpc) is 2.73. The van der Waals surface area contributed by atoms with Gasteiger partial charge < -0.3 is 9.84 Å². The lowest BCUT2D eigenvalue weighted by Crippen LogP contribution is -2.30. The second kappa shape index (κ2) is 7.51. The van der Waals surface area contributed by atoms with E-state index in [4.69, 9.17) is 17.3 Å². The van der Waals surface area contributed by atoms with Crippen LogP contribution < -0.4 is 4.74 Å². The normalized spacial score (nSPS) is 16.5. The zero-order valence-corrected chi connectivity index (χ0v) is 13.2. The van der Waals surface area contributed by atoms with Crippen LogP contribution >= 0.6 is 24.0 Å². The molecule has 1 aromatic carbocycles. The first kappa shape index (κ1) is 17.4. The first-order valence-corrected chi connectivity index (χ1v) is 7.62. The summed E-state index contributed by atoms with van der Waals surface area (Å²) in [7, 11) is 0. The zero-order chi connectivity index (χ0) is 17.0. The molecule has 2 rings (SSSR count). The van der Waals surface area contributed by atoms with Gasteiger partial charge >= 0.3 is 12.6 Å². The fourth-order valence-corrected chi connectivity index (χ4v) is 3.14. The van der Waals surface area contributed by atoms with E-state index in [2.05, 4.69) is 4.74 Å². The molecule has 0 unspecified atom stereocenters. The molecular weight excluding hydrogens is 348 g/mol. The van der Waals surface area contributed by atoms with E-state index in [0.29, 0.717) is 5.56 Å². The molecule has 1 amide bonds. The van der Waals surface area contributed by atoms with Crippen molar-refractivity contribution in [2.24, 2.45) is 0 Å². The number of thiocarbonyl (C=S) groups is 1. The lowest BCUT2D eigenvalue weighted by atomic mass is 10.2. The predicted molar refractivity (Wildman–Crippen MR) is 85.2 cm³/mol. The number of carbonyl (C=O) groups excluding carboxylic acids is 1. The van der Waals surface area contributed by atoms with Gasteiger partial charge in [0.25, 0.3) is 5.91 Å². The maximum atomic E-state index is 12.4. The molecule has 0 bridgehead atoms. The number of halogens is 2. The third kappa shape index (κ3) is 4.49. The summed E-state index contributed by atoms with van der Waals surface area (Å²) in [5.41, 5.74) is 0.312. The van der Waals surface area contributed by atoms with Crippen LogP contribution in [-0.4, -0.2) is 39.4 Å². The molecule has 0 aliphatic carbocycles. The lowest BCUT2D eigenvalue weighted by Gasteiger charge is -2.12. The van der Waals surface area contributed by atoms with Crippen LogP contribution in [0.15, 0.2) is 29.2 Å². The molecule has 0 aromatic heterocycles. The topological polar surface area (TPSA) is 66.8 Å². The Balaban J connectivity index is 2.22. The van der Waals surface area contributed by atoms with E-state index >= 15 is 0 Å². The Morgan fingerprint density at radius 2 is 2.13 bits per heavy atom.